The van der Waals surface area contributed by atoms with Crippen molar-refractivity contribution in [2.75, 3.05) is 19.6 Å². The minimum Gasteiger partial charge on any atom is -0.356 e. The highest BCUT2D eigenvalue weighted by molar-refractivity contribution is 5.75. The lowest BCUT2D eigenvalue weighted by Crippen LogP contribution is -2.38. The average Bonchev–Trinajstić information content (AvgIpc) is 2.93. The Bertz CT molecular complexity index is 467. The zero-order valence-electron chi connectivity index (χ0n) is 11.2. The number of carbonyl (C=O) groups is 1. The Morgan fingerprint density at radius 3 is 3.15 bits per heavy atom. The molecule has 8 heteroatoms. The summed E-state index contributed by atoms with van der Waals surface area (Å²) in [6.07, 6.45) is 5.08. The molecule has 1 saturated heterocycles. The SMILES string of the molecule is O=C(CCn1cc([N+](=O)[O-])cn1)NCC1CCCNC1. The lowest BCUT2D eigenvalue weighted by Gasteiger charge is -2.22. The summed E-state index contributed by atoms with van der Waals surface area (Å²) < 4.78 is 1.42. The molecule has 0 aromatic carbocycles. The number of carbonyl (C=O) groups excluding carboxylic acids is 1. The third kappa shape index (κ3) is 4.30. The summed E-state index contributed by atoms with van der Waals surface area (Å²) in [6.45, 7) is 3.04. The first kappa shape index (κ1) is 14.4. The predicted molar refractivity (Wildman–Crippen MR) is 72.1 cm³/mol. The fourth-order valence-electron chi connectivity index (χ4n) is 2.23. The molecule has 110 valence electrons. The van der Waals surface area contributed by atoms with Gasteiger partial charge in [-0.1, -0.05) is 0 Å². The summed E-state index contributed by atoms with van der Waals surface area (Å²) in [5.41, 5.74) is -0.0568. The summed E-state index contributed by atoms with van der Waals surface area (Å²) >= 11 is 0. The minimum absolute atomic E-state index is 0.0475. The Hall–Kier alpha value is -1.96. The van der Waals surface area contributed by atoms with Crippen LogP contribution in [0.4, 0.5) is 5.69 Å². The van der Waals surface area contributed by atoms with Gasteiger partial charge in [0, 0.05) is 19.5 Å². The van der Waals surface area contributed by atoms with Crippen LogP contribution >= 0.6 is 0 Å². The Morgan fingerprint density at radius 1 is 1.65 bits per heavy atom. The molecule has 1 aliphatic rings. The molecule has 0 saturated carbocycles. The monoisotopic (exact) mass is 281 g/mol. The van der Waals surface area contributed by atoms with Crippen molar-refractivity contribution in [2.24, 2.45) is 5.92 Å². The second-order valence-corrected chi connectivity index (χ2v) is 4.99. The summed E-state index contributed by atoms with van der Waals surface area (Å²) in [5, 5.41) is 20.5. The summed E-state index contributed by atoms with van der Waals surface area (Å²) in [5.74, 6) is 0.451. The molecule has 0 bridgehead atoms. The Balaban J connectivity index is 1.67. The number of aromatic nitrogens is 2. The molecule has 2 heterocycles. The van der Waals surface area contributed by atoms with Gasteiger partial charge in [0.1, 0.15) is 12.4 Å². The van der Waals surface area contributed by atoms with Gasteiger partial charge in [-0.3, -0.25) is 19.6 Å². The van der Waals surface area contributed by atoms with Crippen molar-refractivity contribution in [3.05, 3.63) is 22.5 Å². The smallest absolute Gasteiger partial charge is 0.306 e. The van der Waals surface area contributed by atoms with Gasteiger partial charge in [-0.2, -0.15) is 5.10 Å². The molecule has 1 aromatic heterocycles. The topological polar surface area (TPSA) is 102 Å². The van der Waals surface area contributed by atoms with E-state index in [-0.39, 0.29) is 18.0 Å². The van der Waals surface area contributed by atoms with Gasteiger partial charge in [0.25, 0.3) is 0 Å². The van der Waals surface area contributed by atoms with Gasteiger partial charge in [0.05, 0.1) is 4.92 Å². The van der Waals surface area contributed by atoms with E-state index in [9.17, 15) is 14.9 Å². The van der Waals surface area contributed by atoms with Gasteiger partial charge >= 0.3 is 5.69 Å². The third-order valence-corrected chi connectivity index (χ3v) is 3.39. The lowest BCUT2D eigenvalue weighted by atomic mass is 10.00. The molecule has 0 radical (unpaired) electrons. The Labute approximate surface area is 116 Å². The molecule has 2 N–H and O–H groups in total. The van der Waals surface area contributed by atoms with Crippen LogP contribution in [0.2, 0.25) is 0 Å². The zero-order valence-corrected chi connectivity index (χ0v) is 11.2. The quantitative estimate of drug-likeness (QED) is 0.576. The molecule has 0 aliphatic carbocycles. The molecular weight excluding hydrogens is 262 g/mol. The molecule has 1 atom stereocenters. The van der Waals surface area contributed by atoms with Crippen LogP contribution in [0, 0.1) is 16.0 Å². The van der Waals surface area contributed by atoms with Crippen molar-refractivity contribution >= 4 is 11.6 Å². The molecular formula is C12H19N5O3. The molecule has 20 heavy (non-hydrogen) atoms. The summed E-state index contributed by atoms with van der Waals surface area (Å²) in [4.78, 5) is 21.7. The van der Waals surface area contributed by atoms with Crippen LogP contribution in [-0.2, 0) is 11.3 Å². The van der Waals surface area contributed by atoms with E-state index in [1.807, 2.05) is 0 Å². The number of nitrogens with one attached hydrogen (secondary N) is 2. The van der Waals surface area contributed by atoms with Crippen LogP contribution in [0.15, 0.2) is 12.4 Å². The van der Waals surface area contributed by atoms with Gasteiger partial charge in [-0.25, -0.2) is 0 Å². The summed E-state index contributed by atoms with van der Waals surface area (Å²) in [7, 11) is 0. The number of piperidine rings is 1. The van der Waals surface area contributed by atoms with Gasteiger partial charge in [0.15, 0.2) is 0 Å². The minimum atomic E-state index is -0.500. The van der Waals surface area contributed by atoms with Crippen molar-refractivity contribution in [3.63, 3.8) is 0 Å². The van der Waals surface area contributed by atoms with Crippen LogP contribution < -0.4 is 10.6 Å². The first-order valence-corrected chi connectivity index (χ1v) is 6.79. The molecule has 2 rings (SSSR count). The van der Waals surface area contributed by atoms with E-state index in [0.29, 0.717) is 19.0 Å². The second kappa shape index (κ2) is 6.99. The first-order chi connectivity index (χ1) is 9.65. The van der Waals surface area contributed by atoms with Crippen LogP contribution in [-0.4, -0.2) is 40.2 Å². The predicted octanol–water partition coefficient (Wildman–Crippen LogP) is 0.297. The Kier molecular flexibility index (Phi) is 5.05. The van der Waals surface area contributed by atoms with Crippen molar-refractivity contribution in [2.45, 2.75) is 25.8 Å². The maximum Gasteiger partial charge on any atom is 0.306 e. The number of nitro groups is 1. The van der Waals surface area contributed by atoms with E-state index in [4.69, 9.17) is 0 Å². The Morgan fingerprint density at radius 2 is 2.50 bits per heavy atom. The number of amides is 1. The van der Waals surface area contributed by atoms with Gasteiger partial charge in [0.2, 0.25) is 5.91 Å². The van der Waals surface area contributed by atoms with Crippen LogP contribution in [0.3, 0.4) is 0 Å². The van der Waals surface area contributed by atoms with E-state index < -0.39 is 4.92 Å². The molecule has 0 spiro atoms. The third-order valence-electron chi connectivity index (χ3n) is 3.39. The van der Waals surface area contributed by atoms with Gasteiger partial charge in [-0.15, -0.1) is 0 Å². The largest absolute Gasteiger partial charge is 0.356 e. The molecule has 8 nitrogen and oxygen atoms in total. The van der Waals surface area contributed by atoms with Crippen LogP contribution in [0.25, 0.3) is 0 Å². The molecule has 1 aromatic rings. The number of aryl methyl sites for hydroxylation is 1. The second-order valence-electron chi connectivity index (χ2n) is 4.99. The number of nitrogens with zero attached hydrogens (tertiary/aromatic N) is 3. The molecule has 1 amide bonds. The van der Waals surface area contributed by atoms with E-state index in [2.05, 4.69) is 15.7 Å². The van der Waals surface area contributed by atoms with Crippen molar-refractivity contribution in [3.8, 4) is 0 Å². The van der Waals surface area contributed by atoms with E-state index in [1.54, 1.807) is 0 Å². The number of hydrogen-bond acceptors (Lipinski definition) is 5. The maximum absolute atomic E-state index is 11.7. The van der Waals surface area contributed by atoms with Gasteiger partial charge in [-0.05, 0) is 31.8 Å². The average molecular weight is 281 g/mol. The normalized spacial score (nSPS) is 18.7. The van der Waals surface area contributed by atoms with Gasteiger partial charge < -0.3 is 10.6 Å². The highest BCUT2D eigenvalue weighted by Gasteiger charge is 2.14. The molecule has 1 aliphatic heterocycles. The highest BCUT2D eigenvalue weighted by atomic mass is 16.6. The van der Waals surface area contributed by atoms with E-state index in [0.717, 1.165) is 25.9 Å². The lowest BCUT2D eigenvalue weighted by molar-refractivity contribution is -0.385. The highest BCUT2D eigenvalue weighted by Crippen LogP contribution is 2.09. The fraction of sp³-hybridized carbons (Fsp3) is 0.667. The fourth-order valence-corrected chi connectivity index (χ4v) is 2.23. The van der Waals surface area contributed by atoms with Crippen LogP contribution in [0.1, 0.15) is 19.3 Å². The maximum atomic E-state index is 11.7. The zero-order chi connectivity index (χ0) is 14.4. The standard InChI is InChI=1S/C12H19N5O3/c18-12(14-7-10-2-1-4-13-6-10)3-5-16-9-11(8-15-16)17(19)20/h8-10,13H,1-7H2,(H,14,18). The summed E-state index contributed by atoms with van der Waals surface area (Å²) in [6, 6.07) is 0. The number of rotatable bonds is 6. The van der Waals surface area contributed by atoms with Crippen molar-refractivity contribution in [1.82, 2.24) is 20.4 Å². The molecule has 1 fully saturated rings. The van der Waals surface area contributed by atoms with Crippen molar-refractivity contribution < 1.29 is 9.72 Å². The van der Waals surface area contributed by atoms with Crippen molar-refractivity contribution in [1.29, 1.82) is 0 Å². The first-order valence-electron chi connectivity index (χ1n) is 6.79. The van der Waals surface area contributed by atoms with E-state index in [1.165, 1.54) is 17.1 Å². The van der Waals surface area contributed by atoms with Crippen LogP contribution in [0.5, 0.6) is 0 Å². The molecule has 1 unspecified atom stereocenters. The number of hydrogen-bond donors (Lipinski definition) is 2. The van der Waals surface area contributed by atoms with E-state index >= 15 is 0 Å².